The van der Waals surface area contributed by atoms with Gasteiger partial charge in [-0.1, -0.05) is 30.7 Å². The Morgan fingerprint density at radius 3 is 2.39 bits per heavy atom. The predicted molar refractivity (Wildman–Crippen MR) is 76.1 cm³/mol. The van der Waals surface area contributed by atoms with Crippen molar-refractivity contribution in [1.29, 1.82) is 0 Å². The van der Waals surface area contributed by atoms with E-state index in [4.69, 9.17) is 11.6 Å². The van der Waals surface area contributed by atoms with Crippen LogP contribution >= 0.6 is 11.6 Å². The summed E-state index contributed by atoms with van der Waals surface area (Å²) in [4.78, 5) is 8.97. The summed E-state index contributed by atoms with van der Waals surface area (Å²) in [6.45, 7) is 8.23. The first-order chi connectivity index (χ1) is 8.52. The number of nitrogens with zero attached hydrogens (tertiary/aromatic N) is 2. The van der Waals surface area contributed by atoms with Gasteiger partial charge in [0.2, 0.25) is 0 Å². The standard InChI is InChI=1S/C15H17ClN2/c1-5-13-11(4)14(16)18-15(17-13)12-7-6-9(2)10(3)8-12/h6-8H,5H2,1-4H3. The van der Waals surface area contributed by atoms with Crippen molar-refractivity contribution >= 4 is 11.6 Å². The van der Waals surface area contributed by atoms with Crippen LogP contribution in [0.3, 0.4) is 0 Å². The van der Waals surface area contributed by atoms with Crippen LogP contribution in [0.2, 0.25) is 5.15 Å². The lowest BCUT2D eigenvalue weighted by atomic mass is 10.1. The highest BCUT2D eigenvalue weighted by molar-refractivity contribution is 6.30. The van der Waals surface area contributed by atoms with Crippen LogP contribution in [0.15, 0.2) is 18.2 Å². The third-order valence-electron chi connectivity index (χ3n) is 3.29. The topological polar surface area (TPSA) is 25.8 Å². The molecule has 0 bridgehead atoms. The van der Waals surface area contributed by atoms with Gasteiger partial charge in [0.15, 0.2) is 5.82 Å². The normalized spacial score (nSPS) is 10.7. The van der Waals surface area contributed by atoms with E-state index in [9.17, 15) is 0 Å². The first kappa shape index (κ1) is 13.0. The Kier molecular flexibility index (Phi) is 3.67. The highest BCUT2D eigenvalue weighted by atomic mass is 35.5. The third kappa shape index (κ3) is 2.39. The first-order valence-electron chi connectivity index (χ1n) is 6.13. The molecule has 1 heterocycles. The van der Waals surface area contributed by atoms with Gasteiger partial charge in [0.1, 0.15) is 5.15 Å². The molecule has 0 fully saturated rings. The maximum atomic E-state index is 6.17. The fraction of sp³-hybridized carbons (Fsp3) is 0.333. The number of hydrogen-bond acceptors (Lipinski definition) is 2. The van der Waals surface area contributed by atoms with Gasteiger partial charge in [-0.15, -0.1) is 0 Å². The summed E-state index contributed by atoms with van der Waals surface area (Å²) >= 11 is 6.17. The van der Waals surface area contributed by atoms with Gasteiger partial charge in [-0.2, -0.15) is 0 Å². The summed E-state index contributed by atoms with van der Waals surface area (Å²) in [5.74, 6) is 0.713. The van der Waals surface area contributed by atoms with Crippen molar-refractivity contribution in [2.24, 2.45) is 0 Å². The van der Waals surface area contributed by atoms with E-state index in [1.54, 1.807) is 0 Å². The molecule has 0 aliphatic heterocycles. The fourth-order valence-electron chi connectivity index (χ4n) is 1.89. The SMILES string of the molecule is CCc1nc(-c2ccc(C)c(C)c2)nc(Cl)c1C. The second-order valence-electron chi connectivity index (χ2n) is 4.56. The summed E-state index contributed by atoms with van der Waals surface area (Å²) in [6.07, 6.45) is 0.867. The van der Waals surface area contributed by atoms with Crippen LogP contribution < -0.4 is 0 Å². The second kappa shape index (κ2) is 5.07. The molecule has 0 saturated heterocycles. The van der Waals surface area contributed by atoms with Crippen LogP contribution in [0.4, 0.5) is 0 Å². The van der Waals surface area contributed by atoms with Gasteiger partial charge in [-0.05, 0) is 44.4 Å². The first-order valence-corrected chi connectivity index (χ1v) is 6.51. The lowest BCUT2D eigenvalue weighted by Crippen LogP contribution is -1.99. The van der Waals surface area contributed by atoms with Gasteiger partial charge in [-0.3, -0.25) is 0 Å². The zero-order valence-electron chi connectivity index (χ0n) is 11.2. The average Bonchev–Trinajstić information content (AvgIpc) is 2.36. The molecule has 1 aromatic heterocycles. The summed E-state index contributed by atoms with van der Waals surface area (Å²) < 4.78 is 0. The van der Waals surface area contributed by atoms with Crippen LogP contribution in [-0.4, -0.2) is 9.97 Å². The molecule has 0 N–H and O–H groups in total. The second-order valence-corrected chi connectivity index (χ2v) is 4.92. The lowest BCUT2D eigenvalue weighted by Gasteiger charge is -2.09. The monoisotopic (exact) mass is 260 g/mol. The van der Waals surface area contributed by atoms with Crippen molar-refractivity contribution in [1.82, 2.24) is 9.97 Å². The molecule has 3 heteroatoms. The van der Waals surface area contributed by atoms with Crippen molar-refractivity contribution in [3.05, 3.63) is 45.7 Å². The smallest absolute Gasteiger partial charge is 0.161 e. The highest BCUT2D eigenvalue weighted by Gasteiger charge is 2.10. The van der Waals surface area contributed by atoms with Gasteiger partial charge in [0.25, 0.3) is 0 Å². The maximum Gasteiger partial charge on any atom is 0.161 e. The van der Waals surface area contributed by atoms with Crippen molar-refractivity contribution in [3.63, 3.8) is 0 Å². The summed E-state index contributed by atoms with van der Waals surface area (Å²) in [6, 6.07) is 6.24. The summed E-state index contributed by atoms with van der Waals surface area (Å²) in [5, 5.41) is 0.551. The van der Waals surface area contributed by atoms with Crippen LogP contribution in [0, 0.1) is 20.8 Å². The Morgan fingerprint density at radius 2 is 1.78 bits per heavy atom. The molecule has 1 aromatic carbocycles. The Labute approximate surface area is 113 Å². The maximum absolute atomic E-state index is 6.17. The van der Waals surface area contributed by atoms with E-state index in [0.29, 0.717) is 11.0 Å². The van der Waals surface area contributed by atoms with E-state index in [1.165, 1.54) is 11.1 Å². The van der Waals surface area contributed by atoms with Crippen LogP contribution in [0.5, 0.6) is 0 Å². The molecule has 0 aliphatic rings. The molecular weight excluding hydrogens is 244 g/mol. The fourth-order valence-corrected chi connectivity index (χ4v) is 2.08. The molecule has 0 unspecified atom stereocenters. The number of halogens is 1. The minimum Gasteiger partial charge on any atom is -0.233 e. The summed E-state index contributed by atoms with van der Waals surface area (Å²) in [7, 11) is 0. The molecule has 2 nitrogen and oxygen atoms in total. The quantitative estimate of drug-likeness (QED) is 0.753. The van der Waals surface area contributed by atoms with Gasteiger partial charge >= 0.3 is 0 Å². The molecule has 2 rings (SSSR count). The van der Waals surface area contributed by atoms with E-state index in [-0.39, 0.29) is 0 Å². The van der Waals surface area contributed by atoms with E-state index < -0.39 is 0 Å². The molecule has 0 spiro atoms. The lowest BCUT2D eigenvalue weighted by molar-refractivity contribution is 0.976. The van der Waals surface area contributed by atoms with Crippen molar-refractivity contribution < 1.29 is 0 Å². The largest absolute Gasteiger partial charge is 0.233 e. The van der Waals surface area contributed by atoms with E-state index in [1.807, 2.05) is 13.0 Å². The van der Waals surface area contributed by atoms with Crippen LogP contribution in [0.25, 0.3) is 11.4 Å². The zero-order valence-corrected chi connectivity index (χ0v) is 12.0. The van der Waals surface area contributed by atoms with Crippen LogP contribution in [0.1, 0.15) is 29.3 Å². The minimum absolute atomic E-state index is 0.551. The minimum atomic E-state index is 0.551. The Morgan fingerprint density at radius 1 is 1.06 bits per heavy atom. The third-order valence-corrected chi connectivity index (χ3v) is 3.66. The number of benzene rings is 1. The number of rotatable bonds is 2. The number of aryl methyl sites for hydroxylation is 3. The highest BCUT2D eigenvalue weighted by Crippen LogP contribution is 2.23. The number of hydrogen-bond donors (Lipinski definition) is 0. The van der Waals surface area contributed by atoms with Crippen molar-refractivity contribution in [2.45, 2.75) is 34.1 Å². The summed E-state index contributed by atoms with van der Waals surface area (Å²) in [5.41, 5.74) is 5.53. The van der Waals surface area contributed by atoms with E-state index in [0.717, 1.165) is 23.2 Å². The molecule has 0 radical (unpaired) electrons. The van der Waals surface area contributed by atoms with Gasteiger partial charge in [0, 0.05) is 16.8 Å². The molecule has 0 atom stereocenters. The average molecular weight is 261 g/mol. The van der Waals surface area contributed by atoms with E-state index >= 15 is 0 Å². The molecule has 0 amide bonds. The van der Waals surface area contributed by atoms with Gasteiger partial charge in [0.05, 0.1) is 0 Å². The van der Waals surface area contributed by atoms with Gasteiger partial charge in [-0.25, -0.2) is 9.97 Å². The zero-order chi connectivity index (χ0) is 13.3. The molecule has 0 saturated carbocycles. The van der Waals surface area contributed by atoms with E-state index in [2.05, 4.69) is 42.9 Å². The molecule has 18 heavy (non-hydrogen) atoms. The number of aromatic nitrogens is 2. The Hall–Kier alpha value is -1.41. The molecular formula is C15H17ClN2. The Bertz CT molecular complexity index is 591. The van der Waals surface area contributed by atoms with Gasteiger partial charge < -0.3 is 0 Å². The molecule has 94 valence electrons. The predicted octanol–water partition coefficient (Wildman–Crippen LogP) is 4.28. The molecule has 0 aliphatic carbocycles. The Balaban J connectivity index is 2.57. The molecule has 2 aromatic rings. The van der Waals surface area contributed by atoms with Crippen molar-refractivity contribution in [2.75, 3.05) is 0 Å². The van der Waals surface area contributed by atoms with Crippen LogP contribution in [-0.2, 0) is 6.42 Å². The van der Waals surface area contributed by atoms with Crippen molar-refractivity contribution in [3.8, 4) is 11.4 Å².